The molecule has 4 atom stereocenters. The number of hydrogen-bond acceptors (Lipinski definition) is 7. The third kappa shape index (κ3) is 2.50. The fourth-order valence-electron chi connectivity index (χ4n) is 6.81. The molecule has 7 nitrogen and oxygen atoms in total. The third-order valence-corrected chi connectivity index (χ3v) is 8.03. The fraction of sp³-hybridized carbons (Fsp3) is 0.385. The van der Waals surface area contributed by atoms with Crippen molar-refractivity contribution in [3.63, 3.8) is 0 Å². The Morgan fingerprint density at radius 2 is 1.70 bits per heavy atom. The third-order valence-electron chi connectivity index (χ3n) is 8.03. The van der Waals surface area contributed by atoms with E-state index >= 15 is 0 Å². The summed E-state index contributed by atoms with van der Waals surface area (Å²) in [5.41, 5.74) is 6.39. The van der Waals surface area contributed by atoms with Gasteiger partial charge in [0.1, 0.15) is 11.3 Å². The summed E-state index contributed by atoms with van der Waals surface area (Å²) in [6.45, 7) is 0.334. The summed E-state index contributed by atoms with van der Waals surface area (Å²) in [6.07, 6.45) is 2.08. The summed E-state index contributed by atoms with van der Waals surface area (Å²) in [4.78, 5) is 30.9. The minimum absolute atomic E-state index is 0.0158. The molecule has 2 saturated carbocycles. The average molecular weight is 444 g/mol. The predicted octanol–water partition coefficient (Wildman–Crippen LogP) is 2.96. The van der Waals surface area contributed by atoms with Gasteiger partial charge in [-0.25, -0.2) is 9.59 Å². The summed E-state index contributed by atoms with van der Waals surface area (Å²) < 4.78 is 10.3. The van der Waals surface area contributed by atoms with E-state index in [1.165, 1.54) is 25.3 Å². The number of fused-ring (bicyclic) bond motifs is 6. The fourth-order valence-corrected chi connectivity index (χ4v) is 6.81. The first kappa shape index (κ1) is 20.1. The van der Waals surface area contributed by atoms with Gasteiger partial charge in [0.2, 0.25) is 0 Å². The van der Waals surface area contributed by atoms with Crippen molar-refractivity contribution in [1.82, 2.24) is 5.43 Å². The number of esters is 2. The van der Waals surface area contributed by atoms with E-state index in [9.17, 15) is 9.59 Å². The molecule has 7 heteroatoms. The molecule has 1 heterocycles. The van der Waals surface area contributed by atoms with Gasteiger partial charge in [-0.3, -0.25) is 10.4 Å². The van der Waals surface area contributed by atoms with Gasteiger partial charge in [-0.15, -0.1) is 0 Å². The Morgan fingerprint density at radius 1 is 1.00 bits per heavy atom. The molecular weight excluding hydrogens is 418 g/mol. The van der Waals surface area contributed by atoms with Gasteiger partial charge >= 0.3 is 11.9 Å². The SMILES string of the molecule is COC(=O)C1=NN[C@@]2(C(=NCc3ccccc3)C(=O)OC)[C@@H]3c4ccccc4[C@H]([C@H]12)C31CC1. The molecule has 2 aromatic carbocycles. The molecule has 0 amide bonds. The Labute approximate surface area is 191 Å². The Hall–Kier alpha value is -3.48. The molecule has 0 unspecified atom stereocenters. The summed E-state index contributed by atoms with van der Waals surface area (Å²) in [6, 6.07) is 18.2. The van der Waals surface area contributed by atoms with Crippen molar-refractivity contribution >= 4 is 23.4 Å². The second-order valence-corrected chi connectivity index (χ2v) is 9.36. The van der Waals surface area contributed by atoms with Crippen molar-refractivity contribution in [3.8, 4) is 0 Å². The van der Waals surface area contributed by atoms with Crippen LogP contribution in [0.4, 0.5) is 0 Å². The molecule has 0 aromatic heterocycles. The Bertz CT molecular complexity index is 1220. The second-order valence-electron chi connectivity index (χ2n) is 9.36. The lowest BCUT2D eigenvalue weighted by molar-refractivity contribution is -0.134. The van der Waals surface area contributed by atoms with E-state index in [1.807, 2.05) is 42.5 Å². The van der Waals surface area contributed by atoms with Crippen LogP contribution < -0.4 is 5.43 Å². The normalized spacial score (nSPS) is 29.7. The molecule has 1 spiro atoms. The zero-order valence-corrected chi connectivity index (χ0v) is 18.6. The first-order valence-electron chi connectivity index (χ1n) is 11.3. The lowest BCUT2D eigenvalue weighted by Gasteiger charge is -2.39. The molecular formula is C26H25N3O4. The number of methoxy groups -OCH3 is 2. The number of hydrogen-bond donors (Lipinski definition) is 1. The summed E-state index contributed by atoms with van der Waals surface area (Å²) in [5.74, 6) is -1.28. The number of rotatable bonds is 5. The van der Waals surface area contributed by atoms with Gasteiger partial charge in [0.05, 0.1) is 20.8 Å². The summed E-state index contributed by atoms with van der Waals surface area (Å²) >= 11 is 0. The van der Waals surface area contributed by atoms with E-state index in [4.69, 9.17) is 14.5 Å². The molecule has 1 N–H and O–H groups in total. The van der Waals surface area contributed by atoms with Crippen LogP contribution in [0.3, 0.4) is 0 Å². The molecule has 0 radical (unpaired) electrons. The van der Waals surface area contributed by atoms with E-state index in [0.717, 1.165) is 18.4 Å². The maximum absolute atomic E-state index is 13.3. The number of nitrogens with zero attached hydrogens (tertiary/aromatic N) is 2. The Kier molecular flexibility index (Phi) is 4.28. The monoisotopic (exact) mass is 443 g/mol. The van der Waals surface area contributed by atoms with Gasteiger partial charge in [-0.1, -0.05) is 54.6 Å². The van der Waals surface area contributed by atoms with E-state index in [1.54, 1.807) is 0 Å². The van der Waals surface area contributed by atoms with Crippen molar-refractivity contribution in [2.45, 2.75) is 36.8 Å². The van der Waals surface area contributed by atoms with Gasteiger partial charge in [0, 0.05) is 17.8 Å². The van der Waals surface area contributed by atoms with Gasteiger partial charge in [-0.05, 0) is 34.9 Å². The Morgan fingerprint density at radius 3 is 2.36 bits per heavy atom. The van der Waals surface area contributed by atoms with Crippen molar-refractivity contribution in [1.29, 1.82) is 0 Å². The lowest BCUT2D eigenvalue weighted by atomic mass is 9.66. The van der Waals surface area contributed by atoms with E-state index in [2.05, 4.69) is 22.7 Å². The number of benzene rings is 2. The summed E-state index contributed by atoms with van der Waals surface area (Å²) in [7, 11) is 2.74. The van der Waals surface area contributed by atoms with Crippen LogP contribution in [0.25, 0.3) is 0 Å². The molecule has 2 fully saturated rings. The van der Waals surface area contributed by atoms with Crippen molar-refractivity contribution < 1.29 is 19.1 Å². The van der Waals surface area contributed by atoms with Crippen LogP contribution in [0.2, 0.25) is 0 Å². The molecule has 3 aliphatic carbocycles. The first-order chi connectivity index (χ1) is 16.1. The number of carbonyl (C=O) groups excluding carboxylic acids is 2. The lowest BCUT2D eigenvalue weighted by Crippen LogP contribution is -2.59. The maximum atomic E-state index is 13.3. The van der Waals surface area contributed by atoms with E-state index in [0.29, 0.717) is 18.0 Å². The van der Waals surface area contributed by atoms with Crippen LogP contribution in [0.15, 0.2) is 64.7 Å². The molecule has 6 rings (SSSR count). The van der Waals surface area contributed by atoms with Crippen LogP contribution in [0, 0.1) is 11.3 Å². The Balaban J connectivity index is 1.55. The summed E-state index contributed by atoms with van der Waals surface area (Å²) in [5, 5.41) is 4.48. The topological polar surface area (TPSA) is 89.4 Å². The minimum atomic E-state index is -0.944. The number of aliphatic imine (C=N–C) groups is 1. The quantitative estimate of drug-likeness (QED) is 0.567. The van der Waals surface area contributed by atoms with Crippen molar-refractivity contribution in [2.24, 2.45) is 21.4 Å². The van der Waals surface area contributed by atoms with Gasteiger partial charge in [-0.2, -0.15) is 5.10 Å². The maximum Gasteiger partial charge on any atom is 0.354 e. The predicted molar refractivity (Wildman–Crippen MR) is 122 cm³/mol. The number of carbonyl (C=O) groups is 2. The highest BCUT2D eigenvalue weighted by Gasteiger charge is 2.81. The average Bonchev–Trinajstić information content (AvgIpc) is 3.38. The van der Waals surface area contributed by atoms with Gasteiger partial charge < -0.3 is 9.47 Å². The van der Waals surface area contributed by atoms with Crippen molar-refractivity contribution in [2.75, 3.05) is 14.2 Å². The van der Waals surface area contributed by atoms with Crippen LogP contribution in [0.5, 0.6) is 0 Å². The highest BCUT2D eigenvalue weighted by Crippen LogP contribution is 2.81. The van der Waals surface area contributed by atoms with Crippen LogP contribution in [-0.2, 0) is 25.6 Å². The molecule has 1 aliphatic heterocycles. The standard InChI is InChI=1S/C26H25N3O4/c1-32-23(30)20-19-18-16-10-6-7-11-17(16)21(25(18)12-13-25)26(19,29-28-20)22(24(31)33-2)27-14-15-8-4-3-5-9-15/h3-11,18-19,21,29H,12-14H2,1-2H3/t18-,19-,21-,26-/m1/s1. The van der Waals surface area contributed by atoms with Crippen LogP contribution in [-0.4, -0.2) is 43.1 Å². The number of ether oxygens (including phenoxy) is 2. The number of nitrogens with one attached hydrogen (secondary N) is 1. The molecule has 168 valence electrons. The molecule has 4 aliphatic rings. The number of hydrazone groups is 1. The van der Waals surface area contributed by atoms with Gasteiger partial charge in [0.25, 0.3) is 0 Å². The molecule has 2 aromatic rings. The largest absolute Gasteiger partial charge is 0.464 e. The zero-order valence-electron chi connectivity index (χ0n) is 18.6. The second kappa shape index (κ2) is 7.01. The molecule has 2 bridgehead atoms. The van der Waals surface area contributed by atoms with Crippen molar-refractivity contribution in [3.05, 3.63) is 71.3 Å². The van der Waals surface area contributed by atoms with E-state index < -0.39 is 17.5 Å². The van der Waals surface area contributed by atoms with E-state index in [-0.39, 0.29) is 23.2 Å². The van der Waals surface area contributed by atoms with Crippen LogP contribution >= 0.6 is 0 Å². The van der Waals surface area contributed by atoms with Gasteiger partial charge in [0.15, 0.2) is 5.71 Å². The zero-order chi connectivity index (χ0) is 22.8. The smallest absolute Gasteiger partial charge is 0.354 e. The van der Waals surface area contributed by atoms with Crippen LogP contribution in [0.1, 0.15) is 41.4 Å². The highest BCUT2D eigenvalue weighted by atomic mass is 16.5. The molecule has 33 heavy (non-hydrogen) atoms. The highest BCUT2D eigenvalue weighted by molar-refractivity contribution is 6.45. The first-order valence-corrected chi connectivity index (χ1v) is 11.3. The molecule has 0 saturated heterocycles. The minimum Gasteiger partial charge on any atom is -0.464 e.